The number of benzene rings is 2. The van der Waals surface area contributed by atoms with Crippen molar-refractivity contribution >= 4 is 23.2 Å². The number of hydrogen-bond acceptors (Lipinski definition) is 4. The maximum absolute atomic E-state index is 5.19. The Morgan fingerprint density at radius 3 is 2.64 bits per heavy atom. The monoisotopic (exact) mass is 348 g/mol. The van der Waals surface area contributed by atoms with E-state index in [2.05, 4.69) is 52.1 Å². The summed E-state index contributed by atoms with van der Waals surface area (Å²) in [5.74, 6) is 0.892. The normalized spacial score (nSPS) is 12.4. The number of nitrogens with one attached hydrogen (secondary N) is 1. The van der Waals surface area contributed by atoms with Gasteiger partial charge in [-0.05, 0) is 51.9 Å². The van der Waals surface area contributed by atoms with Gasteiger partial charge in [0.25, 0.3) is 0 Å². The van der Waals surface area contributed by atoms with Crippen LogP contribution in [0.2, 0.25) is 0 Å². The molecule has 2 heterocycles. The quantitative estimate of drug-likeness (QED) is 0.567. The molecule has 0 atom stereocenters. The molecule has 0 bridgehead atoms. The van der Waals surface area contributed by atoms with Gasteiger partial charge in [0, 0.05) is 30.6 Å². The molecule has 0 saturated carbocycles. The van der Waals surface area contributed by atoms with Crippen LogP contribution in [0.1, 0.15) is 27.1 Å². The van der Waals surface area contributed by atoms with Crippen molar-refractivity contribution in [2.75, 3.05) is 7.11 Å². The molecule has 126 valence electrons. The first kappa shape index (κ1) is 16.1. The molecule has 1 aliphatic heterocycles. The van der Waals surface area contributed by atoms with Gasteiger partial charge in [0.1, 0.15) is 5.75 Å². The van der Waals surface area contributed by atoms with Gasteiger partial charge >= 0.3 is 0 Å². The van der Waals surface area contributed by atoms with Crippen molar-refractivity contribution in [3.8, 4) is 5.75 Å². The predicted molar refractivity (Wildman–Crippen MR) is 104 cm³/mol. The second-order valence-corrected chi connectivity index (χ2v) is 7.11. The lowest BCUT2D eigenvalue weighted by Crippen LogP contribution is -2.12. The second kappa shape index (κ2) is 7.21. The van der Waals surface area contributed by atoms with E-state index in [9.17, 15) is 0 Å². The van der Waals surface area contributed by atoms with Crippen LogP contribution >= 0.6 is 11.3 Å². The van der Waals surface area contributed by atoms with Crippen LogP contribution in [0.25, 0.3) is 0 Å². The van der Waals surface area contributed by atoms with Gasteiger partial charge in [-0.15, -0.1) is 11.3 Å². The average Bonchev–Trinajstić information content (AvgIpc) is 3.01. The molecular weight excluding hydrogens is 328 g/mol. The van der Waals surface area contributed by atoms with Gasteiger partial charge in [-0.25, -0.2) is 0 Å². The molecule has 3 nitrogen and oxygen atoms in total. The largest absolute Gasteiger partial charge is 0.497 e. The lowest BCUT2D eigenvalue weighted by atomic mass is 10.0. The summed E-state index contributed by atoms with van der Waals surface area (Å²) in [5, 5.41) is 5.66. The first-order valence-electron chi connectivity index (χ1n) is 8.38. The maximum atomic E-state index is 5.19. The number of fused-ring (bicyclic) bond motifs is 2. The van der Waals surface area contributed by atoms with Crippen molar-refractivity contribution < 1.29 is 4.74 Å². The van der Waals surface area contributed by atoms with Crippen LogP contribution in [-0.2, 0) is 19.5 Å². The van der Waals surface area contributed by atoms with Crippen molar-refractivity contribution in [3.63, 3.8) is 0 Å². The zero-order valence-corrected chi connectivity index (χ0v) is 15.0. The molecule has 4 heteroatoms. The Kier molecular flexibility index (Phi) is 4.63. The fourth-order valence-corrected chi connectivity index (χ4v) is 3.83. The average molecular weight is 348 g/mol. The number of methoxy groups -OCH3 is 1. The minimum atomic E-state index is 0.841. The van der Waals surface area contributed by atoms with E-state index >= 15 is 0 Å². The van der Waals surface area contributed by atoms with E-state index in [1.807, 2.05) is 18.3 Å². The highest BCUT2D eigenvalue weighted by Crippen LogP contribution is 2.29. The topological polar surface area (TPSA) is 33.6 Å². The van der Waals surface area contributed by atoms with Gasteiger partial charge in [-0.2, -0.15) is 0 Å². The SMILES string of the molecule is COc1ccc(CNCc2ccc3c(c2)Cc2ccsc2C=N3)cc1. The highest BCUT2D eigenvalue weighted by molar-refractivity contribution is 7.11. The summed E-state index contributed by atoms with van der Waals surface area (Å²) in [4.78, 5) is 5.91. The lowest BCUT2D eigenvalue weighted by molar-refractivity contribution is 0.414. The van der Waals surface area contributed by atoms with Crippen molar-refractivity contribution in [1.82, 2.24) is 5.32 Å². The zero-order valence-electron chi connectivity index (χ0n) is 14.2. The highest BCUT2D eigenvalue weighted by atomic mass is 32.1. The number of nitrogens with zero attached hydrogens (tertiary/aromatic N) is 1. The van der Waals surface area contributed by atoms with Crippen LogP contribution in [0.5, 0.6) is 5.75 Å². The molecule has 1 N–H and O–H groups in total. The fourth-order valence-electron chi connectivity index (χ4n) is 3.05. The van der Waals surface area contributed by atoms with Gasteiger partial charge in [-0.3, -0.25) is 4.99 Å². The van der Waals surface area contributed by atoms with Crippen LogP contribution < -0.4 is 10.1 Å². The molecular formula is C21H20N2OS. The van der Waals surface area contributed by atoms with E-state index in [0.29, 0.717) is 0 Å². The Balaban J connectivity index is 1.42. The molecule has 0 aliphatic carbocycles. The van der Waals surface area contributed by atoms with Gasteiger partial charge < -0.3 is 10.1 Å². The van der Waals surface area contributed by atoms with Crippen LogP contribution in [0.4, 0.5) is 5.69 Å². The highest BCUT2D eigenvalue weighted by Gasteiger charge is 2.11. The summed E-state index contributed by atoms with van der Waals surface area (Å²) < 4.78 is 5.19. The predicted octanol–water partition coefficient (Wildman–Crippen LogP) is 4.70. The summed E-state index contributed by atoms with van der Waals surface area (Å²) in [6.45, 7) is 1.69. The lowest BCUT2D eigenvalue weighted by Gasteiger charge is -2.09. The number of ether oxygens (including phenoxy) is 1. The third-order valence-electron chi connectivity index (χ3n) is 4.44. The van der Waals surface area contributed by atoms with Gasteiger partial charge in [0.05, 0.1) is 12.8 Å². The Hall–Kier alpha value is -2.43. The minimum absolute atomic E-state index is 0.841. The molecule has 0 amide bonds. The van der Waals surface area contributed by atoms with Crippen LogP contribution in [0.3, 0.4) is 0 Å². The van der Waals surface area contributed by atoms with Gasteiger partial charge in [0.15, 0.2) is 0 Å². The molecule has 0 spiro atoms. The minimum Gasteiger partial charge on any atom is -0.497 e. The van der Waals surface area contributed by atoms with E-state index in [1.165, 1.54) is 27.1 Å². The number of thiophene rings is 1. The van der Waals surface area contributed by atoms with Gasteiger partial charge in [-0.1, -0.05) is 24.3 Å². The standard InChI is InChI=1S/C21H20N2OS/c1-24-19-5-2-15(3-6-19)12-22-13-16-4-7-20-18(10-16)11-17-8-9-25-21(17)14-23-20/h2-10,14,22H,11-13H2,1H3. The molecule has 2 aromatic carbocycles. The smallest absolute Gasteiger partial charge is 0.118 e. The Labute approximate surface area is 152 Å². The summed E-state index contributed by atoms with van der Waals surface area (Å²) >= 11 is 1.76. The molecule has 0 unspecified atom stereocenters. The summed E-state index contributed by atoms with van der Waals surface area (Å²) in [6, 6.07) is 17.0. The third-order valence-corrected chi connectivity index (χ3v) is 5.34. The molecule has 4 rings (SSSR count). The van der Waals surface area contributed by atoms with Crippen molar-refractivity contribution in [2.45, 2.75) is 19.5 Å². The van der Waals surface area contributed by atoms with E-state index in [1.54, 1.807) is 18.4 Å². The number of aliphatic imine (C=N–C) groups is 1. The Bertz CT molecular complexity index is 897. The van der Waals surface area contributed by atoms with E-state index in [0.717, 1.165) is 30.9 Å². The van der Waals surface area contributed by atoms with E-state index < -0.39 is 0 Å². The van der Waals surface area contributed by atoms with Crippen molar-refractivity contribution in [2.24, 2.45) is 4.99 Å². The van der Waals surface area contributed by atoms with Crippen LogP contribution in [0.15, 0.2) is 58.9 Å². The zero-order chi connectivity index (χ0) is 17.1. The van der Waals surface area contributed by atoms with Crippen molar-refractivity contribution in [1.29, 1.82) is 0 Å². The second-order valence-electron chi connectivity index (χ2n) is 6.16. The maximum Gasteiger partial charge on any atom is 0.118 e. The molecule has 25 heavy (non-hydrogen) atoms. The van der Waals surface area contributed by atoms with Crippen LogP contribution in [-0.4, -0.2) is 13.3 Å². The van der Waals surface area contributed by atoms with Crippen LogP contribution in [0, 0.1) is 0 Å². The Morgan fingerprint density at radius 1 is 1.00 bits per heavy atom. The summed E-state index contributed by atoms with van der Waals surface area (Å²) in [7, 11) is 1.69. The van der Waals surface area contributed by atoms with Gasteiger partial charge in [0.2, 0.25) is 0 Å². The number of rotatable bonds is 5. The Morgan fingerprint density at radius 2 is 1.80 bits per heavy atom. The fraction of sp³-hybridized carbons (Fsp3) is 0.190. The van der Waals surface area contributed by atoms with E-state index in [-0.39, 0.29) is 0 Å². The molecule has 1 aliphatic rings. The molecule has 0 saturated heterocycles. The molecule has 3 aromatic rings. The summed E-state index contributed by atoms with van der Waals surface area (Å²) in [6.07, 6.45) is 2.95. The first-order valence-corrected chi connectivity index (χ1v) is 9.26. The van der Waals surface area contributed by atoms with E-state index in [4.69, 9.17) is 4.74 Å². The molecule has 0 radical (unpaired) electrons. The third kappa shape index (κ3) is 3.65. The molecule has 0 fully saturated rings. The summed E-state index contributed by atoms with van der Waals surface area (Å²) in [5.41, 5.74) is 6.31. The first-order chi connectivity index (χ1) is 12.3. The number of hydrogen-bond donors (Lipinski definition) is 1. The van der Waals surface area contributed by atoms with Crippen molar-refractivity contribution in [3.05, 3.63) is 81.0 Å². The molecule has 1 aromatic heterocycles.